The van der Waals surface area contributed by atoms with E-state index in [0.717, 1.165) is 37.7 Å². The number of methoxy groups -OCH3 is 2. The van der Waals surface area contributed by atoms with Crippen LogP contribution in [-0.4, -0.2) is 63.4 Å². The number of piperidine rings is 1. The second kappa shape index (κ2) is 11.2. The summed E-state index contributed by atoms with van der Waals surface area (Å²) in [6.07, 6.45) is 4.60. The van der Waals surface area contributed by atoms with Gasteiger partial charge in [0.25, 0.3) is 5.91 Å². The highest BCUT2D eigenvalue weighted by molar-refractivity contribution is 7.89. The normalized spacial score (nSPS) is 16.7. The number of ether oxygens (including phenoxy) is 2. The van der Waals surface area contributed by atoms with Crippen molar-refractivity contribution in [3.05, 3.63) is 53.6 Å². The van der Waals surface area contributed by atoms with Gasteiger partial charge in [-0.2, -0.15) is 4.31 Å². The monoisotopic (exact) mass is 488 g/mol. The SMILES string of the molecule is COc1ccc(CCC2CCCCN2C(=O)c2cccc(S(=O)(=O)N(C)C(C)C)c2)cc1OC. The van der Waals surface area contributed by atoms with Gasteiger partial charge in [-0.05, 0) is 81.8 Å². The number of benzene rings is 2. The van der Waals surface area contributed by atoms with Crippen molar-refractivity contribution >= 4 is 15.9 Å². The minimum Gasteiger partial charge on any atom is -0.493 e. The van der Waals surface area contributed by atoms with Gasteiger partial charge in [-0.1, -0.05) is 12.1 Å². The Hall–Kier alpha value is -2.58. The summed E-state index contributed by atoms with van der Waals surface area (Å²) in [6.45, 7) is 4.32. The van der Waals surface area contributed by atoms with Gasteiger partial charge in [0.1, 0.15) is 0 Å². The standard InChI is InChI=1S/C26H36N2O5S/c1-19(2)27(3)34(30,31)23-11-8-9-21(18-23)26(29)28-16-7-6-10-22(28)14-12-20-13-15-24(32-4)25(17-20)33-5/h8-9,11,13,15,17-19,22H,6-7,10,12,14,16H2,1-5H3. The van der Waals surface area contributed by atoms with Crippen molar-refractivity contribution in [2.45, 2.75) is 62.9 Å². The van der Waals surface area contributed by atoms with Crippen LogP contribution < -0.4 is 9.47 Å². The van der Waals surface area contributed by atoms with Crippen molar-refractivity contribution in [1.29, 1.82) is 0 Å². The maximum atomic E-state index is 13.5. The number of carbonyl (C=O) groups is 1. The van der Waals surface area contributed by atoms with E-state index >= 15 is 0 Å². The quantitative estimate of drug-likeness (QED) is 0.524. The Morgan fingerprint density at radius 3 is 2.50 bits per heavy atom. The molecule has 0 aliphatic carbocycles. The summed E-state index contributed by atoms with van der Waals surface area (Å²) in [5, 5.41) is 0. The Balaban J connectivity index is 1.77. The lowest BCUT2D eigenvalue weighted by molar-refractivity contribution is 0.0601. The average Bonchev–Trinajstić information content (AvgIpc) is 2.86. The fourth-order valence-corrected chi connectivity index (χ4v) is 5.75. The first-order valence-electron chi connectivity index (χ1n) is 11.8. The Bertz CT molecular complexity index is 1100. The van der Waals surface area contributed by atoms with E-state index in [9.17, 15) is 13.2 Å². The van der Waals surface area contributed by atoms with Gasteiger partial charge < -0.3 is 14.4 Å². The predicted molar refractivity (Wildman–Crippen MR) is 133 cm³/mol. The molecule has 0 aromatic heterocycles. The minimum atomic E-state index is -3.66. The van der Waals surface area contributed by atoms with E-state index in [4.69, 9.17) is 9.47 Å². The summed E-state index contributed by atoms with van der Waals surface area (Å²) in [4.78, 5) is 15.5. The molecule has 1 saturated heterocycles. The number of sulfonamides is 1. The first kappa shape index (κ1) is 26.0. The number of hydrogen-bond acceptors (Lipinski definition) is 5. The molecule has 2 aromatic carbocycles. The molecule has 0 saturated carbocycles. The lowest BCUT2D eigenvalue weighted by Crippen LogP contribution is -2.44. The molecule has 8 heteroatoms. The summed E-state index contributed by atoms with van der Waals surface area (Å²) in [5.41, 5.74) is 1.54. The number of rotatable bonds is 9. The first-order chi connectivity index (χ1) is 16.2. The van der Waals surface area contributed by atoms with E-state index in [1.54, 1.807) is 39.5 Å². The van der Waals surface area contributed by atoms with Crippen molar-refractivity contribution in [1.82, 2.24) is 9.21 Å². The van der Waals surface area contributed by atoms with Crippen LogP contribution in [0.5, 0.6) is 11.5 Å². The zero-order valence-corrected chi connectivity index (χ0v) is 21.6. The topological polar surface area (TPSA) is 76.2 Å². The van der Waals surface area contributed by atoms with Crippen molar-refractivity contribution in [2.24, 2.45) is 0 Å². The van der Waals surface area contributed by atoms with Crippen molar-refractivity contribution in [3.63, 3.8) is 0 Å². The van der Waals surface area contributed by atoms with E-state index in [1.165, 1.54) is 10.4 Å². The summed E-state index contributed by atoms with van der Waals surface area (Å²) in [7, 11) is 1.14. The molecule has 3 rings (SSSR count). The van der Waals surface area contributed by atoms with Crippen LogP contribution in [0.3, 0.4) is 0 Å². The highest BCUT2D eigenvalue weighted by atomic mass is 32.2. The third-order valence-electron chi connectivity index (χ3n) is 6.59. The lowest BCUT2D eigenvalue weighted by Gasteiger charge is -2.36. The van der Waals surface area contributed by atoms with E-state index in [1.807, 2.05) is 36.9 Å². The molecule has 2 aromatic rings. The summed E-state index contributed by atoms with van der Waals surface area (Å²) < 4.78 is 37.9. The Morgan fingerprint density at radius 1 is 1.09 bits per heavy atom. The number of carbonyl (C=O) groups excluding carboxylic acids is 1. The van der Waals surface area contributed by atoms with Gasteiger partial charge in [0.2, 0.25) is 10.0 Å². The number of amides is 1. The van der Waals surface area contributed by atoms with E-state index < -0.39 is 10.0 Å². The fourth-order valence-electron chi connectivity index (χ4n) is 4.34. The summed E-state index contributed by atoms with van der Waals surface area (Å²) in [5.74, 6) is 1.28. The number of aryl methyl sites for hydroxylation is 1. The van der Waals surface area contributed by atoms with E-state index in [-0.39, 0.29) is 22.9 Å². The van der Waals surface area contributed by atoms with Gasteiger partial charge in [0.15, 0.2) is 11.5 Å². The summed E-state index contributed by atoms with van der Waals surface area (Å²) in [6, 6.07) is 12.3. The summed E-state index contributed by atoms with van der Waals surface area (Å²) >= 11 is 0. The Kier molecular flexibility index (Phi) is 8.60. The number of likely N-dealkylation sites (tertiary alicyclic amines) is 1. The Morgan fingerprint density at radius 2 is 1.82 bits per heavy atom. The fraction of sp³-hybridized carbons (Fsp3) is 0.500. The zero-order valence-electron chi connectivity index (χ0n) is 20.8. The number of nitrogens with zero attached hydrogens (tertiary/aromatic N) is 2. The van der Waals surface area contributed by atoms with Crippen LogP contribution in [0.25, 0.3) is 0 Å². The molecule has 0 spiro atoms. The van der Waals surface area contributed by atoms with Crippen LogP contribution in [0.15, 0.2) is 47.4 Å². The third kappa shape index (κ3) is 5.73. The van der Waals surface area contributed by atoms with Crippen LogP contribution >= 0.6 is 0 Å². The first-order valence-corrected chi connectivity index (χ1v) is 13.2. The Labute approximate surface area is 203 Å². The molecule has 0 bridgehead atoms. The van der Waals surface area contributed by atoms with Crippen molar-refractivity contribution < 1.29 is 22.7 Å². The zero-order chi connectivity index (χ0) is 24.9. The van der Waals surface area contributed by atoms with Gasteiger partial charge >= 0.3 is 0 Å². The van der Waals surface area contributed by atoms with Gasteiger partial charge in [-0.15, -0.1) is 0 Å². The lowest BCUT2D eigenvalue weighted by atomic mass is 9.95. The molecule has 1 atom stereocenters. The van der Waals surface area contributed by atoms with Crippen LogP contribution in [0.1, 0.15) is 55.5 Å². The van der Waals surface area contributed by atoms with Crippen molar-refractivity contribution in [2.75, 3.05) is 27.8 Å². The molecule has 1 unspecified atom stereocenters. The molecule has 1 amide bonds. The maximum Gasteiger partial charge on any atom is 0.254 e. The van der Waals surface area contributed by atoms with Gasteiger partial charge in [0.05, 0.1) is 19.1 Å². The molecule has 34 heavy (non-hydrogen) atoms. The molecule has 186 valence electrons. The molecule has 0 N–H and O–H groups in total. The van der Waals surface area contributed by atoms with Gasteiger partial charge in [0, 0.05) is 31.2 Å². The second-order valence-electron chi connectivity index (χ2n) is 9.02. The smallest absolute Gasteiger partial charge is 0.254 e. The van der Waals surface area contributed by atoms with E-state index in [0.29, 0.717) is 23.6 Å². The van der Waals surface area contributed by atoms with Crippen LogP contribution in [0.4, 0.5) is 0 Å². The molecule has 1 aliphatic heterocycles. The minimum absolute atomic E-state index is 0.105. The molecular weight excluding hydrogens is 452 g/mol. The molecule has 1 heterocycles. The maximum absolute atomic E-state index is 13.5. The number of hydrogen-bond donors (Lipinski definition) is 0. The molecule has 1 fully saturated rings. The van der Waals surface area contributed by atoms with Gasteiger partial charge in [-0.25, -0.2) is 8.42 Å². The molecular formula is C26H36N2O5S. The highest BCUT2D eigenvalue weighted by Gasteiger charge is 2.29. The average molecular weight is 489 g/mol. The predicted octanol–water partition coefficient (Wildman–Crippen LogP) is 4.36. The van der Waals surface area contributed by atoms with Crippen LogP contribution in [0.2, 0.25) is 0 Å². The van der Waals surface area contributed by atoms with Crippen LogP contribution in [-0.2, 0) is 16.4 Å². The largest absolute Gasteiger partial charge is 0.493 e. The van der Waals surface area contributed by atoms with E-state index in [2.05, 4.69) is 0 Å². The second-order valence-corrected chi connectivity index (χ2v) is 11.0. The molecule has 7 nitrogen and oxygen atoms in total. The molecule has 0 radical (unpaired) electrons. The third-order valence-corrected chi connectivity index (χ3v) is 8.62. The molecule has 1 aliphatic rings. The van der Waals surface area contributed by atoms with Crippen molar-refractivity contribution in [3.8, 4) is 11.5 Å². The highest BCUT2D eigenvalue weighted by Crippen LogP contribution is 2.30. The van der Waals surface area contributed by atoms with Gasteiger partial charge in [-0.3, -0.25) is 4.79 Å². The van der Waals surface area contributed by atoms with Crippen LogP contribution in [0, 0.1) is 0 Å².